The van der Waals surface area contributed by atoms with Crippen LogP contribution >= 0.6 is 11.3 Å². The number of rotatable bonds is 7. The Balaban J connectivity index is 1.50. The lowest BCUT2D eigenvalue weighted by Crippen LogP contribution is -2.14. The fourth-order valence-electron chi connectivity index (χ4n) is 2.69. The third-order valence-corrected chi connectivity index (χ3v) is 6.19. The number of nitrogens with one attached hydrogen (secondary N) is 1. The van der Waals surface area contributed by atoms with Gasteiger partial charge in [-0.05, 0) is 43.5 Å². The van der Waals surface area contributed by atoms with E-state index >= 15 is 0 Å². The summed E-state index contributed by atoms with van der Waals surface area (Å²) < 4.78 is 24.7. The molecule has 0 aliphatic heterocycles. The zero-order valence-electron chi connectivity index (χ0n) is 14.4. The van der Waals surface area contributed by atoms with Crippen LogP contribution in [0.5, 0.6) is 0 Å². The van der Waals surface area contributed by atoms with Gasteiger partial charge in [0.2, 0.25) is 5.91 Å². The first kappa shape index (κ1) is 18.5. The van der Waals surface area contributed by atoms with Crippen molar-refractivity contribution in [1.82, 2.24) is 4.98 Å². The van der Waals surface area contributed by atoms with Crippen LogP contribution in [-0.4, -0.2) is 25.6 Å². The van der Waals surface area contributed by atoms with Gasteiger partial charge in [-0.1, -0.05) is 24.3 Å². The molecule has 26 heavy (non-hydrogen) atoms. The summed E-state index contributed by atoms with van der Waals surface area (Å²) in [6, 6.07) is 14.5. The van der Waals surface area contributed by atoms with Crippen molar-refractivity contribution in [2.45, 2.75) is 30.6 Å². The number of amides is 1. The van der Waals surface area contributed by atoms with Crippen LogP contribution in [0.2, 0.25) is 0 Å². The van der Waals surface area contributed by atoms with Gasteiger partial charge in [-0.15, -0.1) is 11.3 Å². The molecule has 3 rings (SSSR count). The Bertz CT molecular complexity index is 993. The van der Waals surface area contributed by atoms with E-state index < -0.39 is 9.84 Å². The molecule has 0 bridgehead atoms. The Kier molecular flexibility index (Phi) is 5.68. The highest BCUT2D eigenvalue weighted by molar-refractivity contribution is 7.90. The first-order chi connectivity index (χ1) is 12.4. The van der Waals surface area contributed by atoms with Gasteiger partial charge < -0.3 is 5.32 Å². The highest BCUT2D eigenvalue weighted by atomic mass is 32.2. The lowest BCUT2D eigenvalue weighted by molar-refractivity contribution is -0.116. The average molecular weight is 389 g/mol. The molecule has 1 amide bonds. The minimum Gasteiger partial charge on any atom is -0.325 e. The minimum atomic E-state index is -3.37. The van der Waals surface area contributed by atoms with Crippen molar-refractivity contribution in [2.75, 3.05) is 11.6 Å². The van der Waals surface area contributed by atoms with Gasteiger partial charge in [0.25, 0.3) is 0 Å². The number of benzene rings is 2. The fraction of sp³-hybridized carbons (Fsp3) is 0.263. The largest absolute Gasteiger partial charge is 0.325 e. The SMILES string of the molecule is CS(=O)(=O)c1ccccc1NC(=O)CCCCc1nc2ccccc2s1. The number of fused-ring (bicyclic) bond motifs is 1. The summed E-state index contributed by atoms with van der Waals surface area (Å²) in [5.74, 6) is -0.176. The normalized spacial score (nSPS) is 11.6. The predicted octanol–water partition coefficient (Wildman–Crippen LogP) is 4.05. The van der Waals surface area contributed by atoms with Gasteiger partial charge in [-0.2, -0.15) is 0 Å². The van der Waals surface area contributed by atoms with E-state index in [0.717, 1.165) is 36.0 Å². The van der Waals surface area contributed by atoms with E-state index in [-0.39, 0.29) is 10.8 Å². The van der Waals surface area contributed by atoms with Crippen molar-refractivity contribution in [3.8, 4) is 0 Å². The molecule has 5 nitrogen and oxygen atoms in total. The van der Waals surface area contributed by atoms with Gasteiger partial charge >= 0.3 is 0 Å². The van der Waals surface area contributed by atoms with Crippen LogP contribution in [0.1, 0.15) is 24.3 Å². The van der Waals surface area contributed by atoms with Crippen molar-refractivity contribution in [3.05, 3.63) is 53.5 Å². The van der Waals surface area contributed by atoms with Gasteiger partial charge in [0.1, 0.15) is 0 Å². The Hall–Kier alpha value is -2.25. The van der Waals surface area contributed by atoms with E-state index in [1.54, 1.807) is 29.5 Å². The molecule has 0 spiro atoms. The summed E-state index contributed by atoms with van der Waals surface area (Å²) in [7, 11) is -3.37. The summed E-state index contributed by atoms with van der Waals surface area (Å²) in [5, 5.41) is 3.78. The summed E-state index contributed by atoms with van der Waals surface area (Å²) in [6.07, 6.45) is 3.91. The van der Waals surface area contributed by atoms with E-state index in [4.69, 9.17) is 0 Å². The summed E-state index contributed by atoms with van der Waals surface area (Å²) in [4.78, 5) is 16.9. The van der Waals surface area contributed by atoms with E-state index in [1.165, 1.54) is 10.8 Å². The number of hydrogen-bond acceptors (Lipinski definition) is 5. The molecule has 0 fully saturated rings. The monoisotopic (exact) mass is 388 g/mol. The van der Waals surface area contributed by atoms with Crippen molar-refractivity contribution >= 4 is 43.0 Å². The van der Waals surface area contributed by atoms with Gasteiger partial charge in [-0.25, -0.2) is 13.4 Å². The Labute approximate surface area is 157 Å². The highest BCUT2D eigenvalue weighted by Crippen LogP contribution is 2.23. The van der Waals surface area contributed by atoms with Crippen molar-refractivity contribution in [2.24, 2.45) is 0 Å². The molecule has 0 aliphatic carbocycles. The standard InChI is InChI=1S/C19H20N2O3S2/c1-26(23,24)17-11-5-3-9-15(17)20-18(22)12-6-7-13-19-21-14-8-2-4-10-16(14)25-19/h2-5,8-11H,6-7,12-13H2,1H3,(H,20,22). The Morgan fingerprint density at radius 3 is 2.58 bits per heavy atom. The van der Waals surface area contributed by atoms with Crippen LogP contribution in [0.3, 0.4) is 0 Å². The average Bonchev–Trinajstić information content (AvgIpc) is 3.01. The molecule has 0 unspecified atom stereocenters. The second kappa shape index (κ2) is 7.97. The Morgan fingerprint density at radius 2 is 1.81 bits per heavy atom. The molecule has 7 heteroatoms. The van der Waals surface area contributed by atoms with Crippen molar-refractivity contribution < 1.29 is 13.2 Å². The van der Waals surface area contributed by atoms with Crippen LogP contribution in [0, 0.1) is 0 Å². The molecule has 0 saturated carbocycles. The van der Waals surface area contributed by atoms with Gasteiger partial charge in [0.15, 0.2) is 9.84 Å². The van der Waals surface area contributed by atoms with Crippen LogP contribution in [0.15, 0.2) is 53.4 Å². The molecule has 1 aromatic heterocycles. The number of sulfone groups is 1. The number of anilines is 1. The van der Waals surface area contributed by atoms with E-state index in [0.29, 0.717) is 12.1 Å². The maximum atomic E-state index is 12.1. The molecule has 0 aliphatic rings. The summed E-state index contributed by atoms with van der Waals surface area (Å²) in [6.45, 7) is 0. The second-order valence-corrected chi connectivity index (χ2v) is 9.20. The third kappa shape index (κ3) is 4.68. The number of unbranched alkanes of at least 4 members (excludes halogenated alkanes) is 1. The molecule has 136 valence electrons. The fourth-order valence-corrected chi connectivity index (χ4v) is 4.55. The maximum absolute atomic E-state index is 12.1. The van der Waals surface area contributed by atoms with Gasteiger partial charge in [0, 0.05) is 12.7 Å². The van der Waals surface area contributed by atoms with E-state index in [2.05, 4.69) is 16.4 Å². The Morgan fingerprint density at radius 1 is 1.08 bits per heavy atom. The number of aromatic nitrogens is 1. The van der Waals surface area contributed by atoms with Crippen LogP contribution < -0.4 is 5.32 Å². The van der Waals surface area contributed by atoms with Gasteiger partial charge in [-0.3, -0.25) is 4.79 Å². The van der Waals surface area contributed by atoms with E-state index in [1.807, 2.05) is 18.2 Å². The van der Waals surface area contributed by atoms with Gasteiger partial charge in [0.05, 0.1) is 25.8 Å². The molecule has 0 radical (unpaired) electrons. The quantitative estimate of drug-likeness (QED) is 0.620. The number of nitrogens with zero attached hydrogens (tertiary/aromatic N) is 1. The van der Waals surface area contributed by atoms with Crippen molar-refractivity contribution in [1.29, 1.82) is 0 Å². The molecule has 3 aromatic rings. The number of aryl methyl sites for hydroxylation is 1. The first-order valence-electron chi connectivity index (χ1n) is 8.37. The molecular weight excluding hydrogens is 368 g/mol. The molecule has 1 heterocycles. The zero-order chi connectivity index (χ0) is 18.6. The number of para-hydroxylation sites is 2. The lowest BCUT2D eigenvalue weighted by Gasteiger charge is -2.09. The minimum absolute atomic E-state index is 0.142. The number of thiazole rings is 1. The van der Waals surface area contributed by atoms with Crippen molar-refractivity contribution in [3.63, 3.8) is 0 Å². The maximum Gasteiger partial charge on any atom is 0.224 e. The zero-order valence-corrected chi connectivity index (χ0v) is 16.1. The number of carbonyl (C=O) groups is 1. The van der Waals surface area contributed by atoms with Crippen LogP contribution in [0.25, 0.3) is 10.2 Å². The molecule has 0 atom stereocenters. The first-order valence-corrected chi connectivity index (χ1v) is 11.1. The smallest absolute Gasteiger partial charge is 0.224 e. The summed E-state index contributed by atoms with van der Waals surface area (Å²) in [5.41, 5.74) is 1.36. The predicted molar refractivity (Wildman–Crippen MR) is 105 cm³/mol. The topological polar surface area (TPSA) is 76.1 Å². The molecular formula is C19H20N2O3S2. The molecule has 0 saturated heterocycles. The molecule has 1 N–H and O–H groups in total. The lowest BCUT2D eigenvalue weighted by atomic mass is 10.2. The highest BCUT2D eigenvalue weighted by Gasteiger charge is 2.14. The molecule has 2 aromatic carbocycles. The third-order valence-electron chi connectivity index (χ3n) is 3.94. The van der Waals surface area contributed by atoms with E-state index in [9.17, 15) is 13.2 Å². The summed E-state index contributed by atoms with van der Waals surface area (Å²) >= 11 is 1.69. The van der Waals surface area contributed by atoms with Crippen LogP contribution in [0.4, 0.5) is 5.69 Å². The second-order valence-electron chi connectivity index (χ2n) is 6.10. The number of hydrogen-bond donors (Lipinski definition) is 1. The number of carbonyl (C=O) groups excluding carboxylic acids is 1. The van der Waals surface area contributed by atoms with Crippen LogP contribution in [-0.2, 0) is 21.1 Å².